The Balaban J connectivity index is 1.92. The summed E-state index contributed by atoms with van der Waals surface area (Å²) >= 11 is 14.2. The smallest absolute Gasteiger partial charge is 0.193 e. The zero-order valence-corrected chi connectivity index (χ0v) is 13.1. The van der Waals surface area contributed by atoms with Crippen molar-refractivity contribution >= 4 is 39.5 Å². The number of halogens is 2. The van der Waals surface area contributed by atoms with Gasteiger partial charge in [0.1, 0.15) is 0 Å². The molecule has 6 heteroatoms. The Bertz CT molecular complexity index is 686. The SMILES string of the molecule is CNC(Cc1cn2ccsc2n1)c1c(Cl)cccc1Cl. The lowest BCUT2D eigenvalue weighted by Crippen LogP contribution is -2.19. The highest BCUT2D eigenvalue weighted by Gasteiger charge is 2.18. The monoisotopic (exact) mass is 325 g/mol. The molecule has 2 heterocycles. The molecule has 0 radical (unpaired) electrons. The van der Waals surface area contributed by atoms with Gasteiger partial charge in [0.15, 0.2) is 4.96 Å². The van der Waals surface area contributed by atoms with E-state index in [0.717, 1.165) is 22.6 Å². The van der Waals surface area contributed by atoms with Crippen molar-refractivity contribution in [3.63, 3.8) is 0 Å². The van der Waals surface area contributed by atoms with E-state index in [9.17, 15) is 0 Å². The minimum Gasteiger partial charge on any atom is -0.313 e. The van der Waals surface area contributed by atoms with Crippen LogP contribution in [-0.4, -0.2) is 16.4 Å². The van der Waals surface area contributed by atoms with Gasteiger partial charge < -0.3 is 5.32 Å². The molecule has 0 saturated heterocycles. The first-order valence-corrected chi connectivity index (χ1v) is 7.85. The van der Waals surface area contributed by atoms with Crippen LogP contribution in [0.2, 0.25) is 10.0 Å². The number of nitrogens with zero attached hydrogens (tertiary/aromatic N) is 2. The number of aromatic nitrogens is 2. The van der Waals surface area contributed by atoms with Crippen molar-refractivity contribution in [2.24, 2.45) is 0 Å². The topological polar surface area (TPSA) is 29.3 Å². The van der Waals surface area contributed by atoms with E-state index in [0.29, 0.717) is 10.0 Å². The highest BCUT2D eigenvalue weighted by Crippen LogP contribution is 2.32. The molecule has 0 aliphatic rings. The van der Waals surface area contributed by atoms with Crippen molar-refractivity contribution in [2.75, 3.05) is 7.05 Å². The van der Waals surface area contributed by atoms with Crippen LogP contribution in [0, 0.1) is 0 Å². The molecule has 1 aromatic carbocycles. The number of thiazole rings is 1. The molecule has 0 spiro atoms. The molecule has 0 aliphatic heterocycles. The molecule has 1 atom stereocenters. The van der Waals surface area contributed by atoms with Crippen molar-refractivity contribution in [1.82, 2.24) is 14.7 Å². The average Bonchev–Trinajstić information content (AvgIpc) is 2.98. The van der Waals surface area contributed by atoms with E-state index < -0.39 is 0 Å². The number of likely N-dealkylation sites (N-methyl/N-ethyl adjacent to an activating group) is 1. The fraction of sp³-hybridized carbons (Fsp3) is 0.214. The summed E-state index contributed by atoms with van der Waals surface area (Å²) in [6.45, 7) is 0. The molecule has 3 nitrogen and oxygen atoms in total. The summed E-state index contributed by atoms with van der Waals surface area (Å²) in [4.78, 5) is 5.60. The van der Waals surface area contributed by atoms with Gasteiger partial charge in [0.25, 0.3) is 0 Å². The standard InChI is InChI=1S/C14H13Cl2N3S/c1-17-12(13-10(15)3-2-4-11(13)16)7-9-8-19-5-6-20-14(19)18-9/h2-6,8,12,17H,7H2,1H3. The van der Waals surface area contributed by atoms with Crippen LogP contribution < -0.4 is 5.32 Å². The Kier molecular flexibility index (Phi) is 3.98. The minimum absolute atomic E-state index is 0.0424. The summed E-state index contributed by atoms with van der Waals surface area (Å²) in [6.07, 6.45) is 4.79. The zero-order valence-electron chi connectivity index (χ0n) is 10.8. The Morgan fingerprint density at radius 1 is 1.35 bits per heavy atom. The molecular weight excluding hydrogens is 313 g/mol. The van der Waals surface area contributed by atoms with Crippen LogP contribution in [0.25, 0.3) is 4.96 Å². The number of benzene rings is 1. The molecule has 0 amide bonds. The molecule has 3 rings (SSSR count). The van der Waals surface area contributed by atoms with E-state index >= 15 is 0 Å². The molecule has 0 fully saturated rings. The predicted molar refractivity (Wildman–Crippen MR) is 85.0 cm³/mol. The van der Waals surface area contributed by atoms with Crippen LogP contribution in [0.5, 0.6) is 0 Å². The van der Waals surface area contributed by atoms with Crippen LogP contribution in [0.4, 0.5) is 0 Å². The van der Waals surface area contributed by atoms with Gasteiger partial charge in [-0.2, -0.15) is 0 Å². The second-order valence-electron chi connectivity index (χ2n) is 4.51. The van der Waals surface area contributed by atoms with Gasteiger partial charge in [-0.05, 0) is 19.2 Å². The maximum atomic E-state index is 6.28. The summed E-state index contributed by atoms with van der Waals surface area (Å²) in [5.74, 6) is 0. The van der Waals surface area contributed by atoms with Gasteiger partial charge in [0.2, 0.25) is 0 Å². The summed E-state index contributed by atoms with van der Waals surface area (Å²) in [5, 5.41) is 6.65. The minimum atomic E-state index is 0.0424. The van der Waals surface area contributed by atoms with Gasteiger partial charge in [-0.15, -0.1) is 11.3 Å². The Hall–Kier alpha value is -1.07. The number of nitrogens with one attached hydrogen (secondary N) is 1. The summed E-state index contributed by atoms with van der Waals surface area (Å²) < 4.78 is 2.03. The quantitative estimate of drug-likeness (QED) is 0.778. The number of hydrogen-bond donors (Lipinski definition) is 1. The van der Waals surface area contributed by atoms with E-state index in [1.165, 1.54) is 0 Å². The average molecular weight is 326 g/mol. The molecule has 0 saturated carbocycles. The van der Waals surface area contributed by atoms with Gasteiger partial charge in [-0.1, -0.05) is 29.3 Å². The lowest BCUT2D eigenvalue weighted by molar-refractivity contribution is 0.586. The third kappa shape index (κ3) is 2.56. The highest BCUT2D eigenvalue weighted by molar-refractivity contribution is 7.15. The summed E-state index contributed by atoms with van der Waals surface area (Å²) in [6, 6.07) is 5.62. The van der Waals surface area contributed by atoms with Gasteiger partial charge in [0, 0.05) is 45.8 Å². The van der Waals surface area contributed by atoms with E-state index in [4.69, 9.17) is 23.2 Å². The predicted octanol–water partition coefficient (Wildman–Crippen LogP) is 4.21. The van der Waals surface area contributed by atoms with E-state index in [1.54, 1.807) is 11.3 Å². The molecule has 0 bridgehead atoms. The molecule has 104 valence electrons. The van der Waals surface area contributed by atoms with Gasteiger partial charge >= 0.3 is 0 Å². The summed E-state index contributed by atoms with van der Waals surface area (Å²) in [7, 11) is 1.91. The largest absolute Gasteiger partial charge is 0.313 e. The fourth-order valence-electron chi connectivity index (χ4n) is 2.28. The van der Waals surface area contributed by atoms with Crippen LogP contribution >= 0.6 is 34.5 Å². The van der Waals surface area contributed by atoms with Crippen molar-refractivity contribution in [2.45, 2.75) is 12.5 Å². The van der Waals surface area contributed by atoms with E-state index in [1.807, 2.05) is 47.4 Å². The van der Waals surface area contributed by atoms with Gasteiger partial charge in [-0.25, -0.2) is 4.98 Å². The van der Waals surface area contributed by atoms with Crippen molar-refractivity contribution in [1.29, 1.82) is 0 Å². The van der Waals surface area contributed by atoms with E-state index in [-0.39, 0.29) is 6.04 Å². The maximum absolute atomic E-state index is 6.28. The Morgan fingerprint density at radius 3 is 2.75 bits per heavy atom. The molecule has 0 aliphatic carbocycles. The van der Waals surface area contributed by atoms with Crippen molar-refractivity contribution in [3.05, 3.63) is 57.3 Å². The number of fused-ring (bicyclic) bond motifs is 1. The summed E-state index contributed by atoms with van der Waals surface area (Å²) in [5.41, 5.74) is 1.95. The second-order valence-corrected chi connectivity index (χ2v) is 6.19. The first-order chi connectivity index (χ1) is 9.69. The third-order valence-electron chi connectivity index (χ3n) is 3.25. The Morgan fingerprint density at radius 2 is 2.10 bits per heavy atom. The molecule has 3 aromatic rings. The zero-order chi connectivity index (χ0) is 14.1. The highest BCUT2D eigenvalue weighted by atomic mass is 35.5. The van der Waals surface area contributed by atoms with Crippen LogP contribution in [0.3, 0.4) is 0 Å². The lowest BCUT2D eigenvalue weighted by atomic mass is 10.0. The van der Waals surface area contributed by atoms with Crippen LogP contribution in [-0.2, 0) is 6.42 Å². The normalized spacial score (nSPS) is 12.9. The first-order valence-electron chi connectivity index (χ1n) is 6.21. The van der Waals surface area contributed by atoms with Gasteiger partial charge in [-0.3, -0.25) is 4.40 Å². The lowest BCUT2D eigenvalue weighted by Gasteiger charge is -2.18. The van der Waals surface area contributed by atoms with Crippen molar-refractivity contribution < 1.29 is 0 Å². The third-order valence-corrected chi connectivity index (χ3v) is 4.68. The molecule has 20 heavy (non-hydrogen) atoms. The second kappa shape index (κ2) is 5.74. The molecular formula is C14H13Cl2N3S. The van der Waals surface area contributed by atoms with Gasteiger partial charge in [0.05, 0.1) is 5.69 Å². The van der Waals surface area contributed by atoms with E-state index in [2.05, 4.69) is 10.3 Å². The molecule has 2 aromatic heterocycles. The number of imidazole rings is 1. The maximum Gasteiger partial charge on any atom is 0.193 e. The molecule has 1 N–H and O–H groups in total. The Labute approximate surface area is 131 Å². The van der Waals surface area contributed by atoms with Crippen LogP contribution in [0.1, 0.15) is 17.3 Å². The first kappa shape index (κ1) is 13.9. The van der Waals surface area contributed by atoms with Crippen molar-refractivity contribution in [3.8, 4) is 0 Å². The molecule has 1 unspecified atom stereocenters. The number of rotatable bonds is 4. The van der Waals surface area contributed by atoms with Crippen LogP contribution in [0.15, 0.2) is 36.0 Å². The number of hydrogen-bond acceptors (Lipinski definition) is 3. The fourth-order valence-corrected chi connectivity index (χ4v) is 3.66.